The molecule has 4 heteroatoms. The van der Waals surface area contributed by atoms with Crippen LogP contribution in [0.15, 0.2) is 17.5 Å². The molecule has 0 amide bonds. The van der Waals surface area contributed by atoms with E-state index in [2.05, 4.69) is 0 Å². The van der Waals surface area contributed by atoms with Crippen LogP contribution in [0.5, 0.6) is 0 Å². The van der Waals surface area contributed by atoms with Crippen molar-refractivity contribution in [3.8, 4) is 0 Å². The summed E-state index contributed by atoms with van der Waals surface area (Å²) in [5.74, 6) is -1.24. The van der Waals surface area contributed by atoms with Gasteiger partial charge in [-0.2, -0.15) is 0 Å². The molecule has 2 N–H and O–H groups in total. The van der Waals surface area contributed by atoms with Gasteiger partial charge in [0.15, 0.2) is 5.60 Å². The zero-order valence-corrected chi connectivity index (χ0v) is 9.17. The second-order valence-electron chi connectivity index (χ2n) is 4.03. The average molecular weight is 226 g/mol. The molecule has 2 rings (SSSR count). The maximum Gasteiger partial charge on any atom is 0.341 e. The van der Waals surface area contributed by atoms with E-state index in [1.54, 1.807) is 17.5 Å². The fourth-order valence-corrected chi connectivity index (χ4v) is 3.21. The molecule has 0 spiro atoms. The maximum atomic E-state index is 11.3. The molecule has 1 fully saturated rings. The van der Waals surface area contributed by atoms with Gasteiger partial charge in [-0.1, -0.05) is 18.9 Å². The van der Waals surface area contributed by atoms with Crippen LogP contribution < -0.4 is 0 Å². The molecular formula is C11H14O3S. The summed E-state index contributed by atoms with van der Waals surface area (Å²) in [5.41, 5.74) is -1.66. The molecule has 82 valence electrons. The third kappa shape index (κ3) is 1.68. The third-order valence-corrected chi connectivity index (χ3v) is 4.16. The molecular weight excluding hydrogens is 212 g/mol. The summed E-state index contributed by atoms with van der Waals surface area (Å²) in [5, 5.41) is 21.4. The second-order valence-corrected chi connectivity index (χ2v) is 4.98. The lowest BCUT2D eigenvalue weighted by Crippen LogP contribution is -2.41. The fourth-order valence-electron chi connectivity index (χ4n) is 2.32. The lowest BCUT2D eigenvalue weighted by molar-refractivity contribution is -0.166. The van der Waals surface area contributed by atoms with Crippen LogP contribution in [-0.2, 0) is 10.4 Å². The molecule has 1 aliphatic rings. The van der Waals surface area contributed by atoms with Gasteiger partial charge >= 0.3 is 5.97 Å². The van der Waals surface area contributed by atoms with Gasteiger partial charge in [0.1, 0.15) is 0 Å². The summed E-state index contributed by atoms with van der Waals surface area (Å²) in [4.78, 5) is 11.8. The number of aliphatic hydroxyl groups is 1. The van der Waals surface area contributed by atoms with Crippen LogP contribution in [0.25, 0.3) is 0 Å². The molecule has 15 heavy (non-hydrogen) atoms. The lowest BCUT2D eigenvalue weighted by Gasteiger charge is -2.28. The highest BCUT2D eigenvalue weighted by molar-refractivity contribution is 7.10. The first-order chi connectivity index (χ1) is 7.15. The zero-order chi connectivity index (χ0) is 10.9. The molecule has 1 heterocycles. The van der Waals surface area contributed by atoms with Crippen molar-refractivity contribution in [1.29, 1.82) is 0 Å². The Morgan fingerprint density at radius 2 is 2.13 bits per heavy atom. The van der Waals surface area contributed by atoms with Crippen LogP contribution >= 0.6 is 11.3 Å². The minimum atomic E-state index is -1.66. The highest BCUT2D eigenvalue weighted by atomic mass is 32.1. The maximum absolute atomic E-state index is 11.3. The number of rotatable bonds is 3. The first-order valence-electron chi connectivity index (χ1n) is 5.15. The number of aliphatic carboxylic acids is 1. The van der Waals surface area contributed by atoms with E-state index in [1.165, 1.54) is 11.3 Å². The van der Waals surface area contributed by atoms with Gasteiger partial charge in [0.2, 0.25) is 0 Å². The Labute approximate surface area is 92.4 Å². The predicted molar refractivity (Wildman–Crippen MR) is 57.8 cm³/mol. The Hall–Kier alpha value is -0.870. The monoisotopic (exact) mass is 226 g/mol. The number of carbonyl (C=O) groups is 1. The van der Waals surface area contributed by atoms with E-state index in [0.717, 1.165) is 25.7 Å². The molecule has 1 aromatic rings. The minimum Gasteiger partial charge on any atom is -0.479 e. The van der Waals surface area contributed by atoms with Gasteiger partial charge in [0.05, 0.1) is 0 Å². The summed E-state index contributed by atoms with van der Waals surface area (Å²) in [6, 6.07) is 3.49. The van der Waals surface area contributed by atoms with Crippen LogP contribution in [0, 0.1) is 5.92 Å². The van der Waals surface area contributed by atoms with Crippen LogP contribution in [0.3, 0.4) is 0 Å². The van der Waals surface area contributed by atoms with E-state index >= 15 is 0 Å². The van der Waals surface area contributed by atoms with Gasteiger partial charge in [-0.15, -0.1) is 11.3 Å². The van der Waals surface area contributed by atoms with E-state index in [4.69, 9.17) is 0 Å². The number of hydrogen-bond acceptors (Lipinski definition) is 3. The predicted octanol–water partition coefficient (Wildman–Crippen LogP) is 2.21. The van der Waals surface area contributed by atoms with E-state index < -0.39 is 11.6 Å². The molecule has 0 unspecified atom stereocenters. The molecule has 0 saturated heterocycles. The first kappa shape index (κ1) is 10.6. The van der Waals surface area contributed by atoms with Gasteiger partial charge in [-0.25, -0.2) is 4.79 Å². The van der Waals surface area contributed by atoms with Crippen molar-refractivity contribution in [2.45, 2.75) is 31.3 Å². The van der Waals surface area contributed by atoms with Gasteiger partial charge < -0.3 is 10.2 Å². The van der Waals surface area contributed by atoms with Crippen molar-refractivity contribution in [3.05, 3.63) is 22.4 Å². The molecule has 0 bridgehead atoms. The van der Waals surface area contributed by atoms with Gasteiger partial charge in [-0.3, -0.25) is 0 Å². The molecule has 0 aromatic carbocycles. The highest BCUT2D eigenvalue weighted by Gasteiger charge is 2.47. The fraction of sp³-hybridized carbons (Fsp3) is 0.545. The Bertz CT molecular complexity index is 341. The minimum absolute atomic E-state index is 0.131. The molecule has 1 aliphatic carbocycles. The summed E-state index contributed by atoms with van der Waals surface area (Å²) >= 11 is 1.31. The quantitative estimate of drug-likeness (QED) is 0.830. The Balaban J connectivity index is 2.35. The molecule has 1 aromatic heterocycles. The summed E-state index contributed by atoms with van der Waals surface area (Å²) < 4.78 is 0. The standard InChI is InChI=1S/C11H14O3S/c12-10(13)11(14,8-4-1-2-5-8)9-6-3-7-15-9/h3,6-8,14H,1-2,4-5H2,(H,12,13)/t11-/m1/s1. The van der Waals surface area contributed by atoms with E-state index in [-0.39, 0.29) is 5.92 Å². The summed E-state index contributed by atoms with van der Waals surface area (Å²) in [6.07, 6.45) is 3.65. The molecule has 0 aliphatic heterocycles. The molecule has 1 saturated carbocycles. The number of carboxylic acid groups (broad SMARTS) is 1. The second kappa shape index (κ2) is 3.94. The number of hydrogen-bond donors (Lipinski definition) is 2. The Morgan fingerprint density at radius 3 is 2.60 bits per heavy atom. The molecule has 0 radical (unpaired) electrons. The Morgan fingerprint density at radius 1 is 1.47 bits per heavy atom. The molecule has 3 nitrogen and oxygen atoms in total. The van der Waals surface area contributed by atoms with Crippen LogP contribution in [0.1, 0.15) is 30.6 Å². The van der Waals surface area contributed by atoms with E-state index in [0.29, 0.717) is 4.88 Å². The first-order valence-corrected chi connectivity index (χ1v) is 6.03. The van der Waals surface area contributed by atoms with Crippen LogP contribution in [-0.4, -0.2) is 16.2 Å². The normalized spacial score (nSPS) is 21.4. The van der Waals surface area contributed by atoms with Crippen LogP contribution in [0.4, 0.5) is 0 Å². The number of thiophene rings is 1. The van der Waals surface area contributed by atoms with Crippen molar-refractivity contribution in [2.75, 3.05) is 0 Å². The van der Waals surface area contributed by atoms with E-state index in [1.807, 2.05) is 0 Å². The van der Waals surface area contributed by atoms with Crippen molar-refractivity contribution in [2.24, 2.45) is 5.92 Å². The summed E-state index contributed by atoms with van der Waals surface area (Å²) in [7, 11) is 0. The SMILES string of the molecule is O=C(O)[C@](O)(c1cccs1)C1CCCC1. The van der Waals surface area contributed by atoms with E-state index in [9.17, 15) is 15.0 Å². The lowest BCUT2D eigenvalue weighted by atomic mass is 9.85. The van der Waals surface area contributed by atoms with Crippen molar-refractivity contribution in [1.82, 2.24) is 0 Å². The smallest absolute Gasteiger partial charge is 0.341 e. The largest absolute Gasteiger partial charge is 0.479 e. The van der Waals surface area contributed by atoms with Gasteiger partial charge in [0.25, 0.3) is 0 Å². The number of carboxylic acids is 1. The highest BCUT2D eigenvalue weighted by Crippen LogP contribution is 2.42. The molecule has 1 atom stereocenters. The van der Waals surface area contributed by atoms with Crippen molar-refractivity contribution in [3.63, 3.8) is 0 Å². The average Bonchev–Trinajstić information content (AvgIpc) is 2.89. The van der Waals surface area contributed by atoms with Gasteiger partial charge in [-0.05, 0) is 24.3 Å². The van der Waals surface area contributed by atoms with Gasteiger partial charge in [0, 0.05) is 10.8 Å². The summed E-state index contributed by atoms with van der Waals surface area (Å²) in [6.45, 7) is 0. The zero-order valence-electron chi connectivity index (χ0n) is 8.35. The van der Waals surface area contributed by atoms with Crippen molar-refractivity contribution >= 4 is 17.3 Å². The Kier molecular flexibility index (Phi) is 2.80. The topological polar surface area (TPSA) is 57.5 Å². The third-order valence-electron chi connectivity index (χ3n) is 3.17. The van der Waals surface area contributed by atoms with Crippen molar-refractivity contribution < 1.29 is 15.0 Å². The van der Waals surface area contributed by atoms with Crippen LogP contribution in [0.2, 0.25) is 0 Å².